The first-order valence-electron chi connectivity index (χ1n) is 3.64. The van der Waals surface area contributed by atoms with Gasteiger partial charge in [-0.1, -0.05) is 0 Å². The molecule has 0 saturated carbocycles. The minimum absolute atomic E-state index is 0.0746. The number of likely N-dealkylation sites (N-methyl/N-ethyl adjacent to an activating group) is 1. The van der Waals surface area contributed by atoms with Crippen molar-refractivity contribution >= 4 is 34.3 Å². The van der Waals surface area contributed by atoms with Crippen LogP contribution in [0.15, 0.2) is 12.5 Å². The predicted octanol–water partition coefficient (Wildman–Crippen LogP) is 0.239. The largest absolute Gasteiger partial charge is 0.360 e. The van der Waals surface area contributed by atoms with E-state index in [1.54, 1.807) is 13.2 Å². The molecule has 0 bridgehead atoms. The Balaban J connectivity index is 2.54. The second kappa shape index (κ2) is 4.95. The van der Waals surface area contributed by atoms with E-state index in [-0.39, 0.29) is 12.5 Å². The van der Waals surface area contributed by atoms with Gasteiger partial charge in [0.15, 0.2) is 0 Å². The molecule has 0 spiro atoms. The Labute approximate surface area is 89.5 Å². The second-order valence-electron chi connectivity index (χ2n) is 2.25. The van der Waals surface area contributed by atoms with E-state index < -0.39 is 0 Å². The SMILES string of the molecule is CNC(=O)CNc1ncncc1I. The standard InChI is InChI=1S/C7H9IN4O/c1-9-6(13)3-11-7-5(8)2-10-4-12-7/h2,4H,3H2,1H3,(H,9,13)(H,10,11,12). The highest BCUT2D eigenvalue weighted by atomic mass is 127. The number of hydrogen-bond donors (Lipinski definition) is 2. The highest BCUT2D eigenvalue weighted by Crippen LogP contribution is 2.11. The van der Waals surface area contributed by atoms with Crippen LogP contribution in [0, 0.1) is 3.57 Å². The zero-order valence-electron chi connectivity index (χ0n) is 7.04. The monoisotopic (exact) mass is 292 g/mol. The van der Waals surface area contributed by atoms with E-state index in [0.29, 0.717) is 5.82 Å². The summed E-state index contributed by atoms with van der Waals surface area (Å²) in [5, 5.41) is 5.40. The van der Waals surface area contributed by atoms with Crippen LogP contribution in [0.3, 0.4) is 0 Å². The third-order valence-electron chi connectivity index (χ3n) is 1.36. The topological polar surface area (TPSA) is 66.9 Å². The van der Waals surface area contributed by atoms with E-state index >= 15 is 0 Å². The van der Waals surface area contributed by atoms with Crippen LogP contribution < -0.4 is 10.6 Å². The summed E-state index contributed by atoms with van der Waals surface area (Å²) in [6.07, 6.45) is 3.12. The van der Waals surface area contributed by atoms with Gasteiger partial charge in [0.05, 0.1) is 10.1 Å². The summed E-state index contributed by atoms with van der Waals surface area (Å²) < 4.78 is 0.893. The number of nitrogens with one attached hydrogen (secondary N) is 2. The minimum Gasteiger partial charge on any atom is -0.360 e. The molecule has 0 fully saturated rings. The molecule has 6 heteroatoms. The quantitative estimate of drug-likeness (QED) is 0.783. The zero-order chi connectivity index (χ0) is 9.68. The molecule has 1 heterocycles. The van der Waals surface area contributed by atoms with E-state index in [4.69, 9.17) is 0 Å². The molecule has 0 unspecified atom stereocenters. The summed E-state index contributed by atoms with van der Waals surface area (Å²) in [6.45, 7) is 0.226. The van der Waals surface area contributed by atoms with Gasteiger partial charge in [-0.15, -0.1) is 0 Å². The van der Waals surface area contributed by atoms with Gasteiger partial charge in [-0.3, -0.25) is 4.79 Å². The molecule has 0 saturated heterocycles. The first-order valence-corrected chi connectivity index (χ1v) is 4.72. The van der Waals surface area contributed by atoms with Crippen molar-refractivity contribution in [2.24, 2.45) is 0 Å². The van der Waals surface area contributed by atoms with Gasteiger partial charge in [0.1, 0.15) is 12.1 Å². The summed E-state index contributed by atoms with van der Waals surface area (Å²) >= 11 is 2.10. The van der Waals surface area contributed by atoms with E-state index in [0.717, 1.165) is 3.57 Å². The van der Waals surface area contributed by atoms with Crippen LogP contribution in [-0.2, 0) is 4.79 Å². The van der Waals surface area contributed by atoms with Crippen LogP contribution in [0.1, 0.15) is 0 Å². The number of carbonyl (C=O) groups is 1. The fourth-order valence-corrected chi connectivity index (χ4v) is 1.19. The van der Waals surface area contributed by atoms with Crippen molar-refractivity contribution in [1.29, 1.82) is 0 Å². The Morgan fingerprint density at radius 1 is 1.69 bits per heavy atom. The normalized spacial score (nSPS) is 9.38. The molecule has 0 aliphatic heterocycles. The molecule has 5 nitrogen and oxygen atoms in total. The van der Waals surface area contributed by atoms with Crippen molar-refractivity contribution in [2.75, 3.05) is 18.9 Å². The Kier molecular flexibility index (Phi) is 3.87. The molecular weight excluding hydrogens is 283 g/mol. The first kappa shape index (κ1) is 10.2. The summed E-state index contributed by atoms with van der Waals surface area (Å²) in [7, 11) is 1.59. The molecule has 0 aliphatic carbocycles. The Bertz CT molecular complexity index is 304. The van der Waals surface area contributed by atoms with Gasteiger partial charge in [-0.25, -0.2) is 9.97 Å². The Hall–Kier alpha value is -0.920. The van der Waals surface area contributed by atoms with Gasteiger partial charge >= 0.3 is 0 Å². The lowest BCUT2D eigenvalue weighted by Gasteiger charge is -2.04. The van der Waals surface area contributed by atoms with E-state index in [9.17, 15) is 4.79 Å². The third-order valence-corrected chi connectivity index (χ3v) is 2.15. The smallest absolute Gasteiger partial charge is 0.239 e. The van der Waals surface area contributed by atoms with Crippen molar-refractivity contribution < 1.29 is 4.79 Å². The average Bonchev–Trinajstić information content (AvgIpc) is 2.16. The van der Waals surface area contributed by atoms with Crippen LogP contribution >= 0.6 is 22.6 Å². The molecule has 1 amide bonds. The van der Waals surface area contributed by atoms with E-state index in [1.807, 2.05) is 0 Å². The number of aromatic nitrogens is 2. The van der Waals surface area contributed by atoms with Gasteiger partial charge in [0.25, 0.3) is 0 Å². The van der Waals surface area contributed by atoms with Crippen LogP contribution in [0.25, 0.3) is 0 Å². The number of hydrogen-bond acceptors (Lipinski definition) is 4. The first-order chi connectivity index (χ1) is 6.24. The van der Waals surface area contributed by atoms with Crippen LogP contribution in [0.4, 0.5) is 5.82 Å². The molecule has 70 valence electrons. The van der Waals surface area contributed by atoms with E-state index in [2.05, 4.69) is 43.2 Å². The number of rotatable bonds is 3. The lowest BCUT2D eigenvalue weighted by molar-refractivity contribution is -0.118. The van der Waals surface area contributed by atoms with Gasteiger partial charge in [0.2, 0.25) is 5.91 Å². The average molecular weight is 292 g/mol. The van der Waals surface area contributed by atoms with Gasteiger partial charge in [-0.05, 0) is 22.6 Å². The van der Waals surface area contributed by atoms with Crippen molar-refractivity contribution in [1.82, 2.24) is 15.3 Å². The van der Waals surface area contributed by atoms with Crippen molar-refractivity contribution in [3.63, 3.8) is 0 Å². The fraction of sp³-hybridized carbons (Fsp3) is 0.286. The molecule has 1 aromatic heterocycles. The number of anilines is 1. The van der Waals surface area contributed by atoms with Crippen molar-refractivity contribution in [3.05, 3.63) is 16.1 Å². The molecule has 0 aromatic carbocycles. The lowest BCUT2D eigenvalue weighted by atomic mass is 10.5. The number of halogens is 1. The van der Waals surface area contributed by atoms with Crippen molar-refractivity contribution in [2.45, 2.75) is 0 Å². The maximum Gasteiger partial charge on any atom is 0.239 e. The minimum atomic E-state index is -0.0746. The van der Waals surface area contributed by atoms with Crippen LogP contribution in [-0.4, -0.2) is 29.5 Å². The Morgan fingerprint density at radius 2 is 2.46 bits per heavy atom. The number of nitrogens with zero attached hydrogens (tertiary/aromatic N) is 2. The molecule has 1 rings (SSSR count). The second-order valence-corrected chi connectivity index (χ2v) is 3.41. The highest BCUT2D eigenvalue weighted by molar-refractivity contribution is 14.1. The van der Waals surface area contributed by atoms with E-state index in [1.165, 1.54) is 6.33 Å². The maximum absolute atomic E-state index is 10.9. The lowest BCUT2D eigenvalue weighted by Crippen LogP contribution is -2.26. The molecule has 2 N–H and O–H groups in total. The van der Waals surface area contributed by atoms with Crippen molar-refractivity contribution in [3.8, 4) is 0 Å². The Morgan fingerprint density at radius 3 is 3.08 bits per heavy atom. The highest BCUT2D eigenvalue weighted by Gasteiger charge is 2.01. The zero-order valence-corrected chi connectivity index (χ0v) is 9.20. The summed E-state index contributed by atoms with van der Waals surface area (Å²) in [5.74, 6) is 0.605. The van der Waals surface area contributed by atoms with Gasteiger partial charge < -0.3 is 10.6 Å². The fourth-order valence-electron chi connectivity index (χ4n) is 0.695. The molecular formula is C7H9IN4O. The summed E-state index contributed by atoms with van der Waals surface area (Å²) in [4.78, 5) is 18.7. The molecule has 0 radical (unpaired) electrons. The van der Waals surface area contributed by atoms with Crippen LogP contribution in [0.5, 0.6) is 0 Å². The molecule has 13 heavy (non-hydrogen) atoms. The maximum atomic E-state index is 10.9. The van der Waals surface area contributed by atoms with Crippen LogP contribution in [0.2, 0.25) is 0 Å². The molecule has 0 atom stereocenters. The van der Waals surface area contributed by atoms with Gasteiger partial charge in [-0.2, -0.15) is 0 Å². The molecule has 1 aromatic rings. The molecule has 0 aliphatic rings. The number of amides is 1. The summed E-state index contributed by atoms with van der Waals surface area (Å²) in [5.41, 5.74) is 0. The predicted molar refractivity (Wildman–Crippen MR) is 57.3 cm³/mol. The van der Waals surface area contributed by atoms with Gasteiger partial charge in [0, 0.05) is 13.2 Å². The number of carbonyl (C=O) groups excluding carboxylic acids is 1. The third kappa shape index (κ3) is 3.13. The summed E-state index contributed by atoms with van der Waals surface area (Å²) in [6, 6.07) is 0.